The summed E-state index contributed by atoms with van der Waals surface area (Å²) in [6, 6.07) is 5.92. The van der Waals surface area contributed by atoms with Crippen LogP contribution in [0.4, 0.5) is 5.69 Å². The molecule has 0 atom stereocenters. The van der Waals surface area contributed by atoms with Crippen LogP contribution in [0.1, 0.15) is 5.56 Å². The Kier molecular flexibility index (Phi) is 4.60. The predicted octanol–water partition coefficient (Wildman–Crippen LogP) is 1.75. The minimum Gasteiger partial charge on any atom is -0.258 e. The summed E-state index contributed by atoms with van der Waals surface area (Å²) in [6.45, 7) is 0. The molecule has 1 aromatic rings. The summed E-state index contributed by atoms with van der Waals surface area (Å²) in [5, 5.41) is 18.8. The van der Waals surface area contributed by atoms with Crippen molar-refractivity contribution in [2.75, 3.05) is 0 Å². The molecular formula is C7H4N2O2SZn. The number of nitro benzene ring substituents is 1. The monoisotopic (exact) mass is 244 g/mol. The quantitative estimate of drug-likeness (QED) is 0.355. The number of nitrogens with zero attached hydrogens (tertiary/aromatic N) is 2. The Morgan fingerprint density at radius 1 is 1.54 bits per heavy atom. The van der Waals surface area contributed by atoms with Crippen LogP contribution in [0.15, 0.2) is 23.1 Å². The largest absolute Gasteiger partial charge is 0.283 e. The van der Waals surface area contributed by atoms with Crippen LogP contribution < -0.4 is 0 Å². The van der Waals surface area contributed by atoms with Gasteiger partial charge in [0.2, 0.25) is 0 Å². The molecule has 0 amide bonds. The van der Waals surface area contributed by atoms with Gasteiger partial charge in [0.25, 0.3) is 5.69 Å². The van der Waals surface area contributed by atoms with E-state index < -0.39 is 4.92 Å². The SMILES string of the molecule is N#Cc1ccc(S)c([N+](=O)[O-])c1.[Zn]. The molecule has 0 saturated heterocycles. The molecule has 0 unspecified atom stereocenters. The van der Waals surface area contributed by atoms with Crippen LogP contribution in [0.5, 0.6) is 0 Å². The van der Waals surface area contributed by atoms with Crippen molar-refractivity contribution in [2.24, 2.45) is 0 Å². The third kappa shape index (κ3) is 2.80. The molecule has 4 nitrogen and oxygen atoms in total. The number of hydrogen-bond acceptors (Lipinski definition) is 4. The normalized spacial score (nSPS) is 8.31. The van der Waals surface area contributed by atoms with Gasteiger partial charge in [0.05, 0.1) is 21.5 Å². The van der Waals surface area contributed by atoms with E-state index in [9.17, 15) is 10.1 Å². The molecule has 0 aliphatic carbocycles. The van der Waals surface area contributed by atoms with Gasteiger partial charge < -0.3 is 0 Å². The van der Waals surface area contributed by atoms with Gasteiger partial charge in [0, 0.05) is 25.5 Å². The number of benzene rings is 1. The Bertz CT molecular complexity index is 375. The van der Waals surface area contributed by atoms with Crippen molar-refractivity contribution < 1.29 is 24.4 Å². The Morgan fingerprint density at radius 3 is 2.62 bits per heavy atom. The number of thiol groups is 1. The third-order valence-corrected chi connectivity index (χ3v) is 1.68. The number of nitro groups is 1. The van der Waals surface area contributed by atoms with Crippen molar-refractivity contribution in [1.82, 2.24) is 0 Å². The summed E-state index contributed by atoms with van der Waals surface area (Å²) in [6.07, 6.45) is 0. The van der Waals surface area contributed by atoms with Gasteiger partial charge in [-0.1, -0.05) is 0 Å². The molecule has 0 saturated carbocycles. The number of rotatable bonds is 1. The summed E-state index contributed by atoms with van der Waals surface area (Å²) in [4.78, 5) is 10.0. The van der Waals surface area contributed by atoms with Crippen molar-refractivity contribution in [1.29, 1.82) is 5.26 Å². The molecule has 0 aromatic heterocycles. The first-order valence-corrected chi connectivity index (χ1v) is 3.47. The summed E-state index contributed by atoms with van der Waals surface area (Å²) >= 11 is 3.87. The topological polar surface area (TPSA) is 66.9 Å². The average molecular weight is 246 g/mol. The van der Waals surface area contributed by atoms with Crippen LogP contribution in [-0.2, 0) is 19.5 Å². The van der Waals surface area contributed by atoms with E-state index in [2.05, 4.69) is 12.6 Å². The molecule has 0 N–H and O–H groups in total. The van der Waals surface area contributed by atoms with E-state index in [1.165, 1.54) is 18.2 Å². The molecule has 1 rings (SSSR count). The summed E-state index contributed by atoms with van der Waals surface area (Å²) in [5.41, 5.74) is 0.122. The van der Waals surface area contributed by atoms with E-state index in [1.807, 2.05) is 6.07 Å². The second kappa shape index (κ2) is 4.95. The Hall–Kier alpha value is -0.917. The molecular weight excluding hydrogens is 242 g/mol. The van der Waals surface area contributed by atoms with Gasteiger partial charge in [0.15, 0.2) is 0 Å². The fraction of sp³-hybridized carbons (Fsp3) is 0. The Labute approximate surface area is 92.9 Å². The van der Waals surface area contributed by atoms with E-state index in [4.69, 9.17) is 5.26 Å². The molecule has 0 heterocycles. The van der Waals surface area contributed by atoms with Crippen LogP contribution in [0.3, 0.4) is 0 Å². The maximum absolute atomic E-state index is 10.3. The fourth-order valence-corrected chi connectivity index (χ4v) is 0.960. The summed E-state index contributed by atoms with van der Waals surface area (Å²) in [5.74, 6) is 0. The van der Waals surface area contributed by atoms with E-state index in [0.29, 0.717) is 0 Å². The van der Waals surface area contributed by atoms with Crippen molar-refractivity contribution in [2.45, 2.75) is 4.90 Å². The molecule has 62 valence electrons. The van der Waals surface area contributed by atoms with Crippen LogP contribution >= 0.6 is 12.6 Å². The zero-order valence-electron chi connectivity index (χ0n) is 6.60. The minimum absolute atomic E-state index is 0. The first-order chi connectivity index (χ1) is 5.65. The molecule has 0 aliphatic heterocycles. The average Bonchev–Trinajstić information content (AvgIpc) is 2.05. The molecule has 0 bridgehead atoms. The van der Waals surface area contributed by atoms with E-state index >= 15 is 0 Å². The summed E-state index contributed by atoms with van der Waals surface area (Å²) in [7, 11) is 0. The Balaban J connectivity index is 0.00000144. The van der Waals surface area contributed by atoms with Gasteiger partial charge in [-0.25, -0.2) is 0 Å². The molecule has 0 radical (unpaired) electrons. The van der Waals surface area contributed by atoms with Crippen molar-refractivity contribution in [3.8, 4) is 6.07 Å². The molecule has 0 fully saturated rings. The Morgan fingerprint density at radius 2 is 2.15 bits per heavy atom. The van der Waals surface area contributed by atoms with Gasteiger partial charge in [-0.2, -0.15) is 5.26 Å². The first kappa shape index (κ1) is 12.1. The smallest absolute Gasteiger partial charge is 0.258 e. The molecule has 0 aliphatic rings. The van der Waals surface area contributed by atoms with Crippen LogP contribution in [0.2, 0.25) is 0 Å². The standard InChI is InChI=1S/C7H4N2O2S.Zn/c8-4-5-1-2-7(12)6(3-5)9(10)11;/h1-3,12H;. The maximum atomic E-state index is 10.3. The minimum atomic E-state index is -0.566. The fourth-order valence-electron chi connectivity index (χ4n) is 0.739. The van der Waals surface area contributed by atoms with Gasteiger partial charge in [-0.3, -0.25) is 10.1 Å². The second-order valence-corrected chi connectivity index (χ2v) is 2.55. The third-order valence-electron chi connectivity index (χ3n) is 1.30. The van der Waals surface area contributed by atoms with Crippen LogP contribution in [0.25, 0.3) is 0 Å². The molecule has 0 spiro atoms. The van der Waals surface area contributed by atoms with Crippen molar-refractivity contribution in [3.05, 3.63) is 33.9 Å². The zero-order valence-corrected chi connectivity index (χ0v) is 10.5. The predicted molar refractivity (Wildman–Crippen MR) is 45.1 cm³/mol. The van der Waals surface area contributed by atoms with Crippen molar-refractivity contribution >= 4 is 18.3 Å². The zero-order chi connectivity index (χ0) is 9.14. The first-order valence-electron chi connectivity index (χ1n) is 3.02. The van der Waals surface area contributed by atoms with Crippen LogP contribution in [-0.4, -0.2) is 4.92 Å². The second-order valence-electron chi connectivity index (χ2n) is 2.07. The van der Waals surface area contributed by atoms with E-state index in [1.54, 1.807) is 0 Å². The van der Waals surface area contributed by atoms with Gasteiger partial charge in [-0.15, -0.1) is 12.6 Å². The van der Waals surface area contributed by atoms with Gasteiger partial charge >= 0.3 is 0 Å². The maximum Gasteiger partial charge on any atom is 0.283 e. The van der Waals surface area contributed by atoms with Crippen molar-refractivity contribution in [3.63, 3.8) is 0 Å². The molecule has 6 heteroatoms. The van der Waals surface area contributed by atoms with Gasteiger partial charge in [0.1, 0.15) is 0 Å². The summed E-state index contributed by atoms with van der Waals surface area (Å²) < 4.78 is 0. The van der Waals surface area contributed by atoms with E-state index in [-0.39, 0.29) is 35.6 Å². The molecule has 13 heavy (non-hydrogen) atoms. The number of hydrogen-bond donors (Lipinski definition) is 1. The van der Waals surface area contributed by atoms with E-state index in [0.717, 1.165) is 0 Å². The van der Waals surface area contributed by atoms with Crippen LogP contribution in [0, 0.1) is 21.4 Å². The molecule has 1 aromatic carbocycles. The number of nitriles is 1. The van der Waals surface area contributed by atoms with Gasteiger partial charge in [-0.05, 0) is 12.1 Å².